The van der Waals surface area contributed by atoms with Gasteiger partial charge in [0, 0.05) is 0 Å². The zero-order valence-corrected chi connectivity index (χ0v) is 18.6. The summed E-state index contributed by atoms with van der Waals surface area (Å²) in [7, 11) is 17.8. The van der Waals surface area contributed by atoms with Gasteiger partial charge in [-0.3, -0.25) is 0 Å². The Bertz CT molecular complexity index is 121. The second kappa shape index (κ2) is 10.1. The van der Waals surface area contributed by atoms with Crippen molar-refractivity contribution in [3.63, 3.8) is 0 Å². The van der Waals surface area contributed by atoms with Gasteiger partial charge in [0.15, 0.2) is 0 Å². The van der Waals surface area contributed by atoms with Crippen LogP contribution in [0.3, 0.4) is 0 Å². The lowest BCUT2D eigenvalue weighted by Gasteiger charge is -2.27. The van der Waals surface area contributed by atoms with E-state index in [0.29, 0.717) is 0 Å². The minimum Gasteiger partial charge on any atom is -0.109 e. The molecule has 74 valence electrons. The first kappa shape index (κ1) is 15.2. The maximum Gasteiger partial charge on any atom is 0.0689 e. The summed E-state index contributed by atoms with van der Waals surface area (Å²) in [5.41, 5.74) is 0. The van der Waals surface area contributed by atoms with Crippen LogP contribution in [0.4, 0.5) is 0 Å². The van der Waals surface area contributed by atoms with Crippen molar-refractivity contribution >= 4 is 97.4 Å². The summed E-state index contributed by atoms with van der Waals surface area (Å²) in [4.78, 5) is 0. The predicted octanol–water partition coefficient (Wildman–Crippen LogP) is 6.59. The van der Waals surface area contributed by atoms with Gasteiger partial charge in [0.05, 0.1) is 1.28 Å². The minimum atomic E-state index is -0.476. The van der Waals surface area contributed by atoms with E-state index in [-0.39, 0.29) is 27.9 Å². The molecule has 0 spiro atoms. The maximum atomic E-state index is 8.27. The normalized spacial score (nSPS) is 19.6. The van der Waals surface area contributed by atoms with E-state index >= 15 is 0 Å². The lowest BCUT2D eigenvalue weighted by Crippen LogP contribution is -1.36. The highest BCUT2D eigenvalue weighted by Gasteiger charge is 2.19. The summed E-state index contributed by atoms with van der Waals surface area (Å²) in [6.45, 7) is -0.280. The molecule has 0 radical (unpaired) electrons. The summed E-state index contributed by atoms with van der Waals surface area (Å²) >= 11 is 0. The molecule has 0 nitrogen and oxygen atoms in total. The molecule has 0 saturated heterocycles. The van der Waals surface area contributed by atoms with E-state index in [1.807, 2.05) is 0 Å². The van der Waals surface area contributed by atoms with E-state index in [0.717, 1.165) is 7.96 Å². The molecule has 0 heterocycles. The first-order valence-corrected chi connectivity index (χ1v) is 23.4. The maximum absolute atomic E-state index is 8.27. The molecule has 9 unspecified atom stereocenters. The largest absolute Gasteiger partial charge is 0.109 e. The molecular formula is H14P12. The second-order valence-corrected chi connectivity index (χ2v) is 43.0. The van der Waals surface area contributed by atoms with Crippen molar-refractivity contribution in [2.24, 2.45) is 0 Å². The molecule has 0 rings (SSSR count). The van der Waals surface area contributed by atoms with Crippen LogP contribution in [0.1, 0.15) is 0 Å². The van der Waals surface area contributed by atoms with E-state index in [1.165, 1.54) is 0 Å². The summed E-state index contributed by atoms with van der Waals surface area (Å²) in [5, 5.41) is 0. The third-order valence-electron chi connectivity index (χ3n) is 0.722. The minimum absolute atomic E-state index is 0.0563. The first-order chi connectivity index (χ1) is 5.91. The van der Waals surface area contributed by atoms with E-state index in [4.69, 9.17) is 1.28 Å². The quantitative estimate of drug-likeness (QED) is 0.468. The number of hydrogen-bond acceptors (Lipinski definition) is 0. The van der Waals surface area contributed by atoms with Crippen molar-refractivity contribution in [3.8, 4) is 0 Å². The predicted molar refractivity (Wildman–Crippen MR) is 103 cm³/mol. The molecule has 0 N–H and O–H groups in total. The topological polar surface area (TPSA) is 0 Å². The van der Waals surface area contributed by atoms with Crippen LogP contribution in [-0.2, 0) is 0 Å². The van der Waals surface area contributed by atoms with Crippen molar-refractivity contribution in [1.82, 2.24) is 0 Å². The Morgan fingerprint density at radius 3 is 1.67 bits per heavy atom. The van der Waals surface area contributed by atoms with Gasteiger partial charge < -0.3 is 0 Å². The van der Waals surface area contributed by atoms with Crippen molar-refractivity contribution in [3.05, 3.63) is 0 Å². The lowest BCUT2D eigenvalue weighted by molar-refractivity contribution is 4.70. The van der Waals surface area contributed by atoms with Gasteiger partial charge >= 0.3 is 0 Å². The summed E-state index contributed by atoms with van der Waals surface area (Å²) < 4.78 is 8.27. The monoisotopic (exact) mass is 387 g/mol. The molecule has 0 aliphatic heterocycles. The van der Waals surface area contributed by atoms with Crippen molar-refractivity contribution in [2.45, 2.75) is 0 Å². The van der Waals surface area contributed by atoms with Crippen LogP contribution in [-0.4, -0.2) is 1.28 Å². The van der Waals surface area contributed by atoms with Gasteiger partial charge in [-0.25, -0.2) is 0 Å². The molecule has 0 amide bonds. The lowest BCUT2D eigenvalue weighted by atomic mass is 28.8. The van der Waals surface area contributed by atoms with Crippen LogP contribution in [0, 0.1) is 0 Å². The molecule has 0 fully saturated rings. The molecule has 12 heteroatoms. The second-order valence-electron chi connectivity index (χ2n) is 1.59. The molecule has 0 bridgehead atoms. The van der Waals surface area contributed by atoms with Crippen LogP contribution in [0.2, 0.25) is 0 Å². The Morgan fingerprint density at radius 1 is 1.00 bits per heavy atom. The number of rotatable bonds is 5. The van der Waals surface area contributed by atoms with Crippen molar-refractivity contribution in [1.29, 1.82) is 1.28 Å². The molecule has 0 aliphatic rings. The Morgan fingerprint density at radius 2 is 1.42 bits per heavy atom. The van der Waals surface area contributed by atoms with E-state index in [9.17, 15) is 0 Å². The fourth-order valence-corrected chi connectivity index (χ4v) is 78.6. The third kappa shape index (κ3) is 8.28. The van der Waals surface area contributed by atoms with Gasteiger partial charge in [0.2, 0.25) is 0 Å². The van der Waals surface area contributed by atoms with Gasteiger partial charge in [-0.2, -0.15) is 0 Å². The molecule has 0 saturated carbocycles. The smallest absolute Gasteiger partial charge is 0.0689 e. The third-order valence-corrected chi connectivity index (χ3v) is 58.5. The fourth-order valence-electron chi connectivity index (χ4n) is 0.324. The molecule has 12 heavy (non-hydrogen) atoms. The Kier molecular flexibility index (Phi) is 12.8. The molecule has 0 aromatic rings. The average Bonchev–Trinajstić information content (AvgIpc) is 2.01. The number of hydrogen-bond donors (Lipinski definition) is 0. The van der Waals surface area contributed by atoms with Gasteiger partial charge in [-0.15, -0.1) is 53.6 Å². The van der Waals surface area contributed by atoms with E-state index in [1.54, 1.807) is 0 Å². The van der Waals surface area contributed by atoms with Gasteiger partial charge in [0.1, 0.15) is 0 Å². The van der Waals surface area contributed by atoms with Gasteiger partial charge in [-0.05, 0) is 27.9 Å². The molecule has 0 aliphatic carbocycles. The Labute approximate surface area is 98.3 Å². The zero-order valence-electron chi connectivity index (χ0n) is 7.20. The molecule has 0 aromatic carbocycles. The van der Waals surface area contributed by atoms with Crippen LogP contribution in [0.25, 0.3) is 0 Å². The van der Waals surface area contributed by atoms with Crippen LogP contribution in [0.15, 0.2) is 0 Å². The molecule has 9 atom stereocenters. The van der Waals surface area contributed by atoms with Gasteiger partial charge in [0.25, 0.3) is 0 Å². The van der Waals surface area contributed by atoms with Crippen LogP contribution in [0.5, 0.6) is 0 Å². The Balaban J connectivity index is 4.36. The van der Waals surface area contributed by atoms with Crippen LogP contribution < -0.4 is 0 Å². The SMILES string of the molecule is [2H]P(P(P)PP)P(P(P)P)P(P)P. The standard InChI is InChI=1S/H14P12/c1-7-11(6)8-12(9(2)3)10(4)5/h7-8H,1-6H2/i8D. The highest BCUT2D eigenvalue weighted by atomic mass is 33.2. The molecular weight excluding hydrogens is 372 g/mol. The average molecular weight is 387 g/mol. The van der Waals surface area contributed by atoms with Crippen LogP contribution >= 0.6 is 97.4 Å². The van der Waals surface area contributed by atoms with Gasteiger partial charge in [-0.1, -0.05) is 15.9 Å². The Hall–Kier alpha value is 5.16. The van der Waals surface area contributed by atoms with E-state index in [2.05, 4.69) is 53.6 Å². The van der Waals surface area contributed by atoms with E-state index < -0.39 is 7.90 Å². The van der Waals surface area contributed by atoms with Crippen molar-refractivity contribution in [2.75, 3.05) is 0 Å². The fraction of sp³-hybridized carbons (Fsp3) is 0. The highest BCUT2D eigenvalue weighted by Crippen LogP contribution is 3.09. The first-order valence-electron chi connectivity index (χ1n) is 3.05. The summed E-state index contributed by atoms with van der Waals surface area (Å²) in [6.07, 6.45) is 0. The molecule has 0 aromatic heterocycles. The van der Waals surface area contributed by atoms with Crippen molar-refractivity contribution < 1.29 is 0 Å². The highest BCUT2D eigenvalue weighted by molar-refractivity contribution is 9.15. The summed E-state index contributed by atoms with van der Waals surface area (Å²) in [5.74, 6) is 0. The zero-order chi connectivity index (χ0) is 10.6. The summed E-state index contributed by atoms with van der Waals surface area (Å²) in [6, 6.07) is 0.